The fourth-order valence-electron chi connectivity index (χ4n) is 2.95. The Balaban J connectivity index is 1.76. The average molecular weight is 276 g/mol. The third kappa shape index (κ3) is 4.22. The third-order valence-electron chi connectivity index (χ3n) is 4.24. The first kappa shape index (κ1) is 15.3. The van der Waals surface area contributed by atoms with Crippen molar-refractivity contribution >= 4 is 0 Å². The summed E-state index contributed by atoms with van der Waals surface area (Å²) in [6.45, 7) is 9.41. The summed E-state index contributed by atoms with van der Waals surface area (Å²) < 4.78 is 5.20. The fourth-order valence-corrected chi connectivity index (χ4v) is 2.95. The number of ether oxygens (including phenoxy) is 1. The molecule has 1 saturated heterocycles. The quantitative estimate of drug-likeness (QED) is 0.828. The van der Waals surface area contributed by atoms with E-state index in [1.807, 2.05) is 12.1 Å². The summed E-state index contributed by atoms with van der Waals surface area (Å²) in [7, 11) is 1.71. The Morgan fingerprint density at radius 3 is 2.75 bits per heavy atom. The number of likely N-dealkylation sites (tertiary alicyclic amines) is 1. The van der Waals surface area contributed by atoms with E-state index in [9.17, 15) is 0 Å². The van der Waals surface area contributed by atoms with Crippen molar-refractivity contribution in [3.8, 4) is 5.75 Å². The van der Waals surface area contributed by atoms with E-state index >= 15 is 0 Å². The Kier molecular flexibility index (Phi) is 5.86. The van der Waals surface area contributed by atoms with Gasteiger partial charge >= 0.3 is 0 Å². The van der Waals surface area contributed by atoms with Crippen LogP contribution in [-0.4, -0.2) is 38.2 Å². The molecule has 0 radical (unpaired) electrons. The molecule has 0 amide bonds. The topological polar surface area (TPSA) is 24.5 Å². The van der Waals surface area contributed by atoms with Gasteiger partial charge in [-0.05, 0) is 63.0 Å². The fraction of sp³-hybridized carbons (Fsp3) is 0.647. The van der Waals surface area contributed by atoms with Crippen molar-refractivity contribution in [2.75, 3.05) is 33.3 Å². The maximum absolute atomic E-state index is 5.20. The molecule has 2 rings (SSSR count). The highest BCUT2D eigenvalue weighted by molar-refractivity contribution is 5.28. The number of methoxy groups -OCH3 is 1. The number of nitrogens with one attached hydrogen (secondary N) is 1. The number of benzene rings is 1. The lowest BCUT2D eigenvalue weighted by Gasteiger charge is -2.19. The molecule has 1 fully saturated rings. The molecule has 1 aromatic rings. The number of rotatable bonds is 7. The molecular formula is C17H28N2O. The van der Waals surface area contributed by atoms with Crippen LogP contribution in [0.4, 0.5) is 0 Å². The Bertz CT molecular complexity index is 390. The van der Waals surface area contributed by atoms with Crippen molar-refractivity contribution < 1.29 is 4.74 Å². The standard InChI is InChI=1S/C17H28N2O/c1-4-10-19-11-9-15(13-19)12-18-14(2)16-5-7-17(20-3)8-6-16/h5-8,14-15,18H,4,9-13H2,1-3H3/t14-,15+/m0/s1. The Labute approximate surface area is 123 Å². The summed E-state index contributed by atoms with van der Waals surface area (Å²) in [4.78, 5) is 2.59. The Morgan fingerprint density at radius 1 is 1.35 bits per heavy atom. The zero-order valence-corrected chi connectivity index (χ0v) is 13.1. The van der Waals surface area contributed by atoms with Crippen LogP contribution >= 0.6 is 0 Å². The van der Waals surface area contributed by atoms with Crippen LogP contribution in [0.5, 0.6) is 5.75 Å². The van der Waals surface area contributed by atoms with Gasteiger partial charge in [-0.3, -0.25) is 0 Å². The number of nitrogens with zero attached hydrogens (tertiary/aromatic N) is 1. The average Bonchev–Trinajstić information content (AvgIpc) is 2.93. The summed E-state index contributed by atoms with van der Waals surface area (Å²) in [5.41, 5.74) is 1.33. The van der Waals surface area contributed by atoms with E-state index in [4.69, 9.17) is 4.74 Å². The molecular weight excluding hydrogens is 248 g/mol. The molecule has 20 heavy (non-hydrogen) atoms. The predicted octanol–water partition coefficient (Wildman–Crippen LogP) is 3.08. The molecule has 0 spiro atoms. The first-order valence-corrected chi connectivity index (χ1v) is 7.82. The lowest BCUT2D eigenvalue weighted by Crippen LogP contribution is -2.28. The monoisotopic (exact) mass is 276 g/mol. The van der Waals surface area contributed by atoms with Crippen LogP contribution in [0, 0.1) is 5.92 Å². The molecule has 1 aliphatic heterocycles. The molecule has 0 bridgehead atoms. The molecule has 1 aliphatic rings. The van der Waals surface area contributed by atoms with Gasteiger partial charge in [-0.25, -0.2) is 0 Å². The highest BCUT2D eigenvalue weighted by atomic mass is 16.5. The number of hydrogen-bond donors (Lipinski definition) is 1. The molecule has 1 aromatic carbocycles. The van der Waals surface area contributed by atoms with Gasteiger partial charge in [-0.2, -0.15) is 0 Å². The van der Waals surface area contributed by atoms with Crippen LogP contribution in [-0.2, 0) is 0 Å². The van der Waals surface area contributed by atoms with Crippen molar-refractivity contribution in [1.29, 1.82) is 0 Å². The van der Waals surface area contributed by atoms with Crippen molar-refractivity contribution in [3.05, 3.63) is 29.8 Å². The van der Waals surface area contributed by atoms with Gasteiger partial charge in [-0.1, -0.05) is 19.1 Å². The highest BCUT2D eigenvalue weighted by Crippen LogP contribution is 2.19. The molecule has 0 aliphatic carbocycles. The SMILES string of the molecule is CCCN1CC[C@H](CN[C@@H](C)c2ccc(OC)cc2)C1. The second-order valence-electron chi connectivity index (χ2n) is 5.86. The van der Waals surface area contributed by atoms with Gasteiger partial charge in [0.2, 0.25) is 0 Å². The van der Waals surface area contributed by atoms with Crippen LogP contribution in [0.3, 0.4) is 0 Å². The van der Waals surface area contributed by atoms with Crippen molar-refractivity contribution in [3.63, 3.8) is 0 Å². The summed E-state index contributed by atoms with van der Waals surface area (Å²) in [5, 5.41) is 3.67. The molecule has 2 atom stereocenters. The molecule has 112 valence electrons. The Morgan fingerprint density at radius 2 is 2.10 bits per heavy atom. The largest absolute Gasteiger partial charge is 0.497 e. The summed E-state index contributed by atoms with van der Waals surface area (Å²) in [6.07, 6.45) is 2.60. The molecule has 1 heterocycles. The highest BCUT2D eigenvalue weighted by Gasteiger charge is 2.21. The zero-order chi connectivity index (χ0) is 14.4. The molecule has 0 saturated carbocycles. The van der Waals surface area contributed by atoms with Gasteiger partial charge < -0.3 is 15.0 Å². The van der Waals surface area contributed by atoms with E-state index in [1.165, 1.54) is 38.0 Å². The minimum absolute atomic E-state index is 0.404. The molecule has 3 nitrogen and oxygen atoms in total. The molecule has 3 heteroatoms. The van der Waals surface area contributed by atoms with E-state index in [0.717, 1.165) is 18.2 Å². The van der Waals surface area contributed by atoms with Crippen molar-refractivity contribution in [2.24, 2.45) is 5.92 Å². The lowest BCUT2D eigenvalue weighted by atomic mass is 10.1. The molecule has 1 N–H and O–H groups in total. The summed E-state index contributed by atoms with van der Waals surface area (Å²) >= 11 is 0. The Hall–Kier alpha value is -1.06. The minimum atomic E-state index is 0.404. The molecule has 0 aromatic heterocycles. The second-order valence-corrected chi connectivity index (χ2v) is 5.86. The van der Waals surface area contributed by atoms with E-state index < -0.39 is 0 Å². The van der Waals surface area contributed by atoms with E-state index in [-0.39, 0.29) is 0 Å². The van der Waals surface area contributed by atoms with E-state index in [1.54, 1.807) is 7.11 Å². The second kappa shape index (κ2) is 7.65. The third-order valence-corrected chi connectivity index (χ3v) is 4.24. The predicted molar refractivity (Wildman–Crippen MR) is 84.2 cm³/mol. The lowest BCUT2D eigenvalue weighted by molar-refractivity contribution is 0.320. The van der Waals surface area contributed by atoms with Crippen LogP contribution in [0.15, 0.2) is 24.3 Å². The summed E-state index contributed by atoms with van der Waals surface area (Å²) in [5.74, 6) is 1.73. The normalized spacial score (nSPS) is 21.1. The van der Waals surface area contributed by atoms with E-state index in [2.05, 4.69) is 36.2 Å². The maximum atomic E-state index is 5.20. The van der Waals surface area contributed by atoms with Gasteiger partial charge in [-0.15, -0.1) is 0 Å². The zero-order valence-electron chi connectivity index (χ0n) is 13.1. The first-order chi connectivity index (χ1) is 9.72. The van der Waals surface area contributed by atoms with Gasteiger partial charge in [0.1, 0.15) is 5.75 Å². The van der Waals surface area contributed by atoms with Gasteiger partial charge in [0.05, 0.1) is 7.11 Å². The molecule has 0 unspecified atom stereocenters. The first-order valence-electron chi connectivity index (χ1n) is 7.82. The van der Waals surface area contributed by atoms with Crippen LogP contribution < -0.4 is 10.1 Å². The van der Waals surface area contributed by atoms with Gasteiger partial charge in [0.25, 0.3) is 0 Å². The van der Waals surface area contributed by atoms with Crippen molar-refractivity contribution in [1.82, 2.24) is 10.2 Å². The van der Waals surface area contributed by atoms with E-state index in [0.29, 0.717) is 6.04 Å². The number of hydrogen-bond acceptors (Lipinski definition) is 3. The van der Waals surface area contributed by atoms with Crippen molar-refractivity contribution in [2.45, 2.75) is 32.7 Å². The van der Waals surface area contributed by atoms with Crippen LogP contribution in [0.1, 0.15) is 38.3 Å². The van der Waals surface area contributed by atoms with Gasteiger partial charge in [0, 0.05) is 12.6 Å². The minimum Gasteiger partial charge on any atom is -0.497 e. The van der Waals surface area contributed by atoms with Crippen LogP contribution in [0.2, 0.25) is 0 Å². The smallest absolute Gasteiger partial charge is 0.118 e. The summed E-state index contributed by atoms with van der Waals surface area (Å²) in [6, 6.07) is 8.77. The van der Waals surface area contributed by atoms with Crippen LogP contribution in [0.25, 0.3) is 0 Å². The van der Waals surface area contributed by atoms with Gasteiger partial charge in [0.15, 0.2) is 0 Å². The maximum Gasteiger partial charge on any atom is 0.118 e.